The van der Waals surface area contributed by atoms with E-state index in [2.05, 4.69) is 22.5 Å². The molecule has 170 valence electrons. The van der Waals surface area contributed by atoms with Gasteiger partial charge in [0.05, 0.1) is 0 Å². The van der Waals surface area contributed by atoms with Crippen LogP contribution in [0.2, 0.25) is 0 Å². The largest absolute Gasteiger partial charge is 0.474 e. The molecule has 0 radical (unpaired) electrons. The first-order valence-corrected chi connectivity index (χ1v) is 11.7. The summed E-state index contributed by atoms with van der Waals surface area (Å²) in [5.74, 6) is 0.647. The number of nitrogens with zero attached hydrogens (tertiary/aromatic N) is 2. The van der Waals surface area contributed by atoms with Crippen molar-refractivity contribution in [1.82, 2.24) is 15.2 Å². The van der Waals surface area contributed by atoms with Crippen LogP contribution in [0.5, 0.6) is 5.88 Å². The van der Waals surface area contributed by atoms with E-state index in [1.165, 1.54) is 19.3 Å². The number of pyridine rings is 1. The van der Waals surface area contributed by atoms with E-state index in [1.807, 2.05) is 17.0 Å². The number of urea groups is 1. The van der Waals surface area contributed by atoms with Gasteiger partial charge in [0.1, 0.15) is 6.10 Å². The lowest BCUT2D eigenvalue weighted by atomic mass is 10.0. The number of anilines is 1. The standard InChI is InChI=1S/C25H32N4O3/c1-18-7-4-5-16-29(18)24(30)19-11-13-21(14-12-19)28-25(31)27-17-20-8-6-15-26-23(20)32-22-9-2-3-10-22/h6,8,11-15,18,22H,2-5,7,9-10,16-17H2,1H3,(H2,27,28,31)/t18-/m0/s1. The Hall–Kier alpha value is -3.09. The fraction of sp³-hybridized carbons (Fsp3) is 0.480. The lowest BCUT2D eigenvalue weighted by molar-refractivity contribution is 0.0635. The molecular weight excluding hydrogens is 404 g/mol. The molecule has 2 aliphatic rings. The number of hydrogen-bond donors (Lipinski definition) is 2. The molecule has 7 nitrogen and oxygen atoms in total. The van der Waals surface area contributed by atoms with Crippen LogP contribution in [-0.2, 0) is 6.54 Å². The summed E-state index contributed by atoms with van der Waals surface area (Å²) < 4.78 is 6.03. The van der Waals surface area contributed by atoms with Gasteiger partial charge in [0.2, 0.25) is 5.88 Å². The van der Waals surface area contributed by atoms with Gasteiger partial charge in [-0.2, -0.15) is 0 Å². The fourth-order valence-corrected chi connectivity index (χ4v) is 4.44. The summed E-state index contributed by atoms with van der Waals surface area (Å²) in [7, 11) is 0. The average molecular weight is 437 g/mol. The Balaban J connectivity index is 1.29. The van der Waals surface area contributed by atoms with E-state index in [0.717, 1.165) is 37.8 Å². The van der Waals surface area contributed by atoms with Crippen LogP contribution in [0.1, 0.15) is 67.8 Å². The summed E-state index contributed by atoms with van der Waals surface area (Å²) in [6, 6.07) is 10.8. The lowest BCUT2D eigenvalue weighted by Gasteiger charge is -2.33. The number of hydrogen-bond acceptors (Lipinski definition) is 4. The van der Waals surface area contributed by atoms with Crippen LogP contribution >= 0.6 is 0 Å². The van der Waals surface area contributed by atoms with Gasteiger partial charge in [0.15, 0.2) is 0 Å². The molecule has 1 aromatic carbocycles. The van der Waals surface area contributed by atoms with Crippen molar-refractivity contribution >= 4 is 17.6 Å². The van der Waals surface area contributed by atoms with Crippen LogP contribution < -0.4 is 15.4 Å². The molecule has 32 heavy (non-hydrogen) atoms. The minimum atomic E-state index is -0.315. The first-order chi connectivity index (χ1) is 15.6. The molecule has 0 spiro atoms. The highest BCUT2D eigenvalue weighted by atomic mass is 16.5. The van der Waals surface area contributed by atoms with E-state index in [4.69, 9.17) is 4.74 Å². The maximum atomic E-state index is 12.8. The molecule has 7 heteroatoms. The molecule has 1 aliphatic carbocycles. The van der Waals surface area contributed by atoms with Crippen LogP contribution in [0.3, 0.4) is 0 Å². The first-order valence-electron chi connectivity index (χ1n) is 11.7. The Labute approximate surface area is 189 Å². The van der Waals surface area contributed by atoms with E-state index >= 15 is 0 Å². The number of carbonyl (C=O) groups excluding carboxylic acids is 2. The Morgan fingerprint density at radius 1 is 1.06 bits per heavy atom. The molecule has 1 atom stereocenters. The highest BCUT2D eigenvalue weighted by molar-refractivity contribution is 5.95. The van der Waals surface area contributed by atoms with Crippen molar-refractivity contribution in [2.45, 2.75) is 70.6 Å². The Kier molecular flexibility index (Phi) is 7.24. The van der Waals surface area contributed by atoms with Crippen molar-refractivity contribution in [1.29, 1.82) is 0 Å². The third-order valence-electron chi connectivity index (χ3n) is 6.32. The molecule has 0 bridgehead atoms. The number of amides is 3. The van der Waals surface area contributed by atoms with Crippen LogP contribution in [0.4, 0.5) is 10.5 Å². The normalized spacial score (nSPS) is 18.9. The van der Waals surface area contributed by atoms with E-state index in [9.17, 15) is 9.59 Å². The maximum absolute atomic E-state index is 12.8. The summed E-state index contributed by atoms with van der Waals surface area (Å²) in [5, 5.41) is 5.69. The van der Waals surface area contributed by atoms with Crippen LogP contribution in [-0.4, -0.2) is 40.5 Å². The lowest BCUT2D eigenvalue weighted by Crippen LogP contribution is -2.42. The summed E-state index contributed by atoms with van der Waals surface area (Å²) in [6.07, 6.45) is 9.70. The van der Waals surface area contributed by atoms with Crippen LogP contribution in [0.25, 0.3) is 0 Å². The van der Waals surface area contributed by atoms with Gasteiger partial charge in [0, 0.05) is 42.1 Å². The van der Waals surface area contributed by atoms with E-state index in [-0.39, 0.29) is 24.1 Å². The predicted octanol–water partition coefficient (Wildman–Crippen LogP) is 4.74. The zero-order valence-electron chi connectivity index (χ0n) is 18.7. The van der Waals surface area contributed by atoms with Crippen molar-refractivity contribution in [3.63, 3.8) is 0 Å². The molecule has 1 saturated heterocycles. The zero-order valence-corrected chi connectivity index (χ0v) is 18.7. The molecule has 2 heterocycles. The SMILES string of the molecule is C[C@H]1CCCCN1C(=O)c1ccc(NC(=O)NCc2cccnc2OC2CCCC2)cc1. The first kappa shape index (κ1) is 22.1. The molecule has 1 saturated carbocycles. The molecule has 3 amide bonds. The quantitative estimate of drug-likeness (QED) is 0.685. The number of aromatic nitrogens is 1. The number of nitrogens with one attached hydrogen (secondary N) is 2. The van der Waals surface area contributed by atoms with E-state index < -0.39 is 0 Å². The van der Waals surface area contributed by atoms with Crippen molar-refractivity contribution in [3.8, 4) is 5.88 Å². The van der Waals surface area contributed by atoms with Gasteiger partial charge in [-0.3, -0.25) is 4.79 Å². The van der Waals surface area contributed by atoms with Gasteiger partial charge in [0.25, 0.3) is 5.91 Å². The topological polar surface area (TPSA) is 83.6 Å². The van der Waals surface area contributed by atoms with Crippen LogP contribution in [0, 0.1) is 0 Å². The molecule has 4 rings (SSSR count). The van der Waals surface area contributed by atoms with Gasteiger partial charge in [-0.05, 0) is 82.2 Å². The van der Waals surface area contributed by atoms with Crippen molar-refractivity contribution < 1.29 is 14.3 Å². The van der Waals surface area contributed by atoms with E-state index in [1.54, 1.807) is 30.5 Å². The Morgan fingerprint density at radius 2 is 1.81 bits per heavy atom. The molecule has 2 aromatic rings. The third-order valence-corrected chi connectivity index (χ3v) is 6.32. The predicted molar refractivity (Wildman–Crippen MR) is 124 cm³/mol. The highest BCUT2D eigenvalue weighted by Crippen LogP contribution is 2.25. The Morgan fingerprint density at radius 3 is 2.56 bits per heavy atom. The minimum Gasteiger partial charge on any atom is -0.474 e. The average Bonchev–Trinajstić information content (AvgIpc) is 3.32. The fourth-order valence-electron chi connectivity index (χ4n) is 4.44. The second kappa shape index (κ2) is 10.5. The number of piperidine rings is 1. The molecule has 1 aromatic heterocycles. The Bertz CT molecular complexity index is 925. The summed E-state index contributed by atoms with van der Waals surface area (Å²) in [4.78, 5) is 31.4. The molecule has 0 unspecified atom stereocenters. The van der Waals surface area contributed by atoms with Gasteiger partial charge < -0.3 is 20.3 Å². The minimum absolute atomic E-state index is 0.0552. The molecule has 1 aliphatic heterocycles. The van der Waals surface area contributed by atoms with Crippen molar-refractivity contribution in [2.24, 2.45) is 0 Å². The number of rotatable bonds is 6. The highest BCUT2D eigenvalue weighted by Gasteiger charge is 2.24. The molecular formula is C25H32N4O3. The second-order valence-electron chi connectivity index (χ2n) is 8.72. The monoisotopic (exact) mass is 436 g/mol. The van der Waals surface area contributed by atoms with Crippen molar-refractivity contribution in [3.05, 3.63) is 53.7 Å². The number of ether oxygens (including phenoxy) is 1. The third kappa shape index (κ3) is 5.58. The van der Waals surface area contributed by atoms with E-state index in [0.29, 0.717) is 23.7 Å². The van der Waals surface area contributed by atoms with Crippen molar-refractivity contribution in [2.75, 3.05) is 11.9 Å². The zero-order chi connectivity index (χ0) is 22.3. The smallest absolute Gasteiger partial charge is 0.319 e. The number of benzene rings is 1. The number of carbonyl (C=O) groups is 2. The molecule has 2 fully saturated rings. The maximum Gasteiger partial charge on any atom is 0.319 e. The van der Waals surface area contributed by atoms with Gasteiger partial charge >= 0.3 is 6.03 Å². The number of likely N-dealkylation sites (tertiary alicyclic amines) is 1. The van der Waals surface area contributed by atoms with Gasteiger partial charge in [-0.1, -0.05) is 6.07 Å². The summed E-state index contributed by atoms with van der Waals surface area (Å²) >= 11 is 0. The van der Waals surface area contributed by atoms with Gasteiger partial charge in [-0.15, -0.1) is 0 Å². The summed E-state index contributed by atoms with van der Waals surface area (Å²) in [6.45, 7) is 3.23. The summed E-state index contributed by atoms with van der Waals surface area (Å²) in [5.41, 5.74) is 2.14. The van der Waals surface area contributed by atoms with Gasteiger partial charge in [-0.25, -0.2) is 9.78 Å². The van der Waals surface area contributed by atoms with Crippen LogP contribution in [0.15, 0.2) is 42.6 Å². The molecule has 2 N–H and O–H groups in total. The second-order valence-corrected chi connectivity index (χ2v) is 8.72.